The third kappa shape index (κ3) is 2.65. The molecule has 0 amide bonds. The van der Waals surface area contributed by atoms with Gasteiger partial charge in [0.15, 0.2) is 5.82 Å². The van der Waals surface area contributed by atoms with Gasteiger partial charge >= 0.3 is 0 Å². The number of hydrogen-bond donors (Lipinski definition) is 1. The summed E-state index contributed by atoms with van der Waals surface area (Å²) in [7, 11) is 3.91. The molecule has 2 N–H and O–H groups in total. The van der Waals surface area contributed by atoms with Crippen LogP contribution >= 0.6 is 0 Å². The lowest BCUT2D eigenvalue weighted by Crippen LogP contribution is -2.21. The van der Waals surface area contributed by atoms with Crippen molar-refractivity contribution in [2.45, 2.75) is 20.3 Å². The number of rotatable bonds is 4. The number of aromatic nitrogens is 2. The largest absolute Gasteiger partial charge is 0.394 e. The SMILES string of the molecule is CC(C)CCN(C)c1nn(C)cc1N. The highest BCUT2D eigenvalue weighted by atomic mass is 15.3. The molecular weight excluding hydrogens is 176 g/mol. The van der Waals surface area contributed by atoms with Crippen LogP contribution < -0.4 is 10.6 Å². The van der Waals surface area contributed by atoms with Crippen LogP contribution in [0.5, 0.6) is 0 Å². The van der Waals surface area contributed by atoms with E-state index in [0.29, 0.717) is 5.92 Å². The van der Waals surface area contributed by atoms with Crippen molar-refractivity contribution in [3.63, 3.8) is 0 Å². The Labute approximate surface area is 85.7 Å². The summed E-state index contributed by atoms with van der Waals surface area (Å²) < 4.78 is 1.75. The molecule has 1 heterocycles. The summed E-state index contributed by atoms with van der Waals surface area (Å²) in [5, 5.41) is 4.31. The maximum Gasteiger partial charge on any atom is 0.173 e. The Morgan fingerprint density at radius 1 is 1.57 bits per heavy atom. The quantitative estimate of drug-likeness (QED) is 0.793. The molecule has 0 fully saturated rings. The number of nitrogens with zero attached hydrogens (tertiary/aromatic N) is 3. The summed E-state index contributed by atoms with van der Waals surface area (Å²) in [6, 6.07) is 0. The van der Waals surface area contributed by atoms with Crippen LogP contribution in [-0.4, -0.2) is 23.4 Å². The van der Waals surface area contributed by atoms with Crippen molar-refractivity contribution in [2.24, 2.45) is 13.0 Å². The minimum absolute atomic E-state index is 0.711. The van der Waals surface area contributed by atoms with E-state index in [0.717, 1.165) is 24.5 Å². The van der Waals surface area contributed by atoms with Gasteiger partial charge in [-0.05, 0) is 12.3 Å². The summed E-state index contributed by atoms with van der Waals surface area (Å²) >= 11 is 0. The van der Waals surface area contributed by atoms with E-state index in [1.807, 2.05) is 20.3 Å². The second kappa shape index (κ2) is 4.35. The number of nitrogen functional groups attached to an aromatic ring is 1. The van der Waals surface area contributed by atoms with E-state index in [-0.39, 0.29) is 0 Å². The highest BCUT2D eigenvalue weighted by Crippen LogP contribution is 2.19. The number of hydrogen-bond acceptors (Lipinski definition) is 3. The Bertz CT molecular complexity index is 290. The van der Waals surface area contributed by atoms with Gasteiger partial charge in [-0.2, -0.15) is 5.10 Å². The molecule has 1 rings (SSSR count). The topological polar surface area (TPSA) is 47.1 Å². The van der Waals surface area contributed by atoms with E-state index < -0.39 is 0 Å². The van der Waals surface area contributed by atoms with Crippen LogP contribution in [0.4, 0.5) is 11.5 Å². The summed E-state index contributed by atoms with van der Waals surface area (Å²) in [5.74, 6) is 1.59. The zero-order valence-corrected chi connectivity index (χ0v) is 9.49. The van der Waals surface area contributed by atoms with Crippen molar-refractivity contribution < 1.29 is 0 Å². The molecule has 1 aromatic heterocycles. The lowest BCUT2D eigenvalue weighted by molar-refractivity contribution is 0.582. The van der Waals surface area contributed by atoms with Gasteiger partial charge in [0.05, 0.1) is 5.69 Å². The summed E-state index contributed by atoms with van der Waals surface area (Å²) in [5.41, 5.74) is 6.57. The fourth-order valence-electron chi connectivity index (χ4n) is 1.35. The molecule has 0 unspecified atom stereocenters. The monoisotopic (exact) mass is 196 g/mol. The number of aryl methyl sites for hydroxylation is 1. The molecule has 0 atom stereocenters. The van der Waals surface area contributed by atoms with Crippen LogP contribution in [0, 0.1) is 5.92 Å². The molecule has 0 aliphatic rings. The van der Waals surface area contributed by atoms with Crippen LogP contribution in [0.25, 0.3) is 0 Å². The Morgan fingerprint density at radius 2 is 2.21 bits per heavy atom. The molecule has 0 radical (unpaired) electrons. The van der Waals surface area contributed by atoms with E-state index in [9.17, 15) is 0 Å². The fourth-order valence-corrected chi connectivity index (χ4v) is 1.35. The number of nitrogens with two attached hydrogens (primary N) is 1. The van der Waals surface area contributed by atoms with Crippen molar-refractivity contribution in [1.29, 1.82) is 0 Å². The Kier molecular flexibility index (Phi) is 3.38. The van der Waals surface area contributed by atoms with E-state index >= 15 is 0 Å². The van der Waals surface area contributed by atoms with Gasteiger partial charge in [0.1, 0.15) is 0 Å². The van der Waals surface area contributed by atoms with Crippen LogP contribution in [0.15, 0.2) is 6.20 Å². The maximum atomic E-state index is 5.82. The van der Waals surface area contributed by atoms with E-state index in [2.05, 4.69) is 23.8 Å². The van der Waals surface area contributed by atoms with Gasteiger partial charge in [-0.1, -0.05) is 13.8 Å². The maximum absolute atomic E-state index is 5.82. The average molecular weight is 196 g/mol. The van der Waals surface area contributed by atoms with Crippen LogP contribution in [0.2, 0.25) is 0 Å². The first-order valence-electron chi connectivity index (χ1n) is 5.01. The van der Waals surface area contributed by atoms with E-state index in [1.165, 1.54) is 0 Å². The highest BCUT2D eigenvalue weighted by Gasteiger charge is 2.09. The Morgan fingerprint density at radius 3 is 2.64 bits per heavy atom. The smallest absolute Gasteiger partial charge is 0.173 e. The first-order valence-corrected chi connectivity index (χ1v) is 5.01. The van der Waals surface area contributed by atoms with Gasteiger partial charge in [-0.15, -0.1) is 0 Å². The second-order valence-corrected chi connectivity index (χ2v) is 4.19. The second-order valence-electron chi connectivity index (χ2n) is 4.19. The van der Waals surface area contributed by atoms with Crippen LogP contribution in [0.1, 0.15) is 20.3 Å². The molecule has 1 aromatic rings. The molecule has 0 aliphatic carbocycles. The molecule has 0 aliphatic heterocycles. The zero-order valence-electron chi connectivity index (χ0n) is 9.49. The van der Waals surface area contributed by atoms with Crippen LogP contribution in [-0.2, 0) is 7.05 Å². The standard InChI is InChI=1S/C10H20N4/c1-8(2)5-6-13(3)10-9(11)7-14(4)12-10/h7-8H,5-6,11H2,1-4H3. The van der Waals surface area contributed by atoms with Gasteiger partial charge in [0.2, 0.25) is 0 Å². The lowest BCUT2D eigenvalue weighted by atomic mass is 10.1. The predicted molar refractivity (Wildman–Crippen MR) is 60.3 cm³/mol. The minimum Gasteiger partial charge on any atom is -0.394 e. The van der Waals surface area contributed by atoms with Crippen molar-refractivity contribution in [1.82, 2.24) is 9.78 Å². The number of anilines is 2. The molecule has 0 saturated heterocycles. The minimum atomic E-state index is 0.711. The Hall–Kier alpha value is -1.19. The third-order valence-electron chi connectivity index (χ3n) is 2.24. The molecule has 0 spiro atoms. The van der Waals surface area contributed by atoms with Gasteiger partial charge in [0, 0.05) is 26.8 Å². The average Bonchev–Trinajstić information content (AvgIpc) is 2.41. The van der Waals surface area contributed by atoms with E-state index in [1.54, 1.807) is 4.68 Å². The fraction of sp³-hybridized carbons (Fsp3) is 0.700. The van der Waals surface area contributed by atoms with Gasteiger partial charge in [-0.3, -0.25) is 4.68 Å². The van der Waals surface area contributed by atoms with Gasteiger partial charge in [-0.25, -0.2) is 0 Å². The Balaban J connectivity index is 2.60. The molecule has 4 heteroatoms. The molecular formula is C10H20N4. The highest BCUT2D eigenvalue weighted by molar-refractivity contribution is 5.61. The predicted octanol–water partition coefficient (Wildman–Crippen LogP) is 1.48. The van der Waals surface area contributed by atoms with Gasteiger partial charge < -0.3 is 10.6 Å². The first kappa shape index (κ1) is 10.9. The van der Waals surface area contributed by atoms with Crippen molar-refractivity contribution >= 4 is 11.5 Å². The summed E-state index contributed by atoms with van der Waals surface area (Å²) in [6.07, 6.45) is 2.99. The molecule has 4 nitrogen and oxygen atoms in total. The van der Waals surface area contributed by atoms with Crippen molar-refractivity contribution in [2.75, 3.05) is 24.2 Å². The molecule has 0 bridgehead atoms. The third-order valence-corrected chi connectivity index (χ3v) is 2.24. The lowest BCUT2D eigenvalue weighted by Gasteiger charge is -2.17. The molecule has 0 saturated carbocycles. The molecule has 0 aromatic carbocycles. The van der Waals surface area contributed by atoms with Crippen molar-refractivity contribution in [3.8, 4) is 0 Å². The summed E-state index contributed by atoms with van der Waals surface area (Å²) in [6.45, 7) is 5.43. The van der Waals surface area contributed by atoms with Crippen LogP contribution in [0.3, 0.4) is 0 Å². The first-order chi connectivity index (χ1) is 6.50. The van der Waals surface area contributed by atoms with Gasteiger partial charge in [0.25, 0.3) is 0 Å². The summed E-state index contributed by atoms with van der Waals surface area (Å²) in [4.78, 5) is 2.11. The van der Waals surface area contributed by atoms with Crippen molar-refractivity contribution in [3.05, 3.63) is 6.20 Å². The van der Waals surface area contributed by atoms with E-state index in [4.69, 9.17) is 5.73 Å². The molecule has 80 valence electrons. The molecule has 14 heavy (non-hydrogen) atoms. The zero-order chi connectivity index (χ0) is 10.7. The normalized spacial score (nSPS) is 10.9.